The van der Waals surface area contributed by atoms with Gasteiger partial charge in [-0.05, 0) is 19.3 Å². The van der Waals surface area contributed by atoms with Crippen LogP contribution in [0.25, 0.3) is 0 Å². The maximum atomic E-state index is 10.7. The van der Waals surface area contributed by atoms with E-state index >= 15 is 0 Å². The van der Waals surface area contributed by atoms with Crippen LogP contribution in [-0.4, -0.2) is 44.7 Å². The van der Waals surface area contributed by atoms with Crippen molar-refractivity contribution in [1.82, 2.24) is 14.8 Å². The molecule has 112 valence electrons. The van der Waals surface area contributed by atoms with E-state index in [1.54, 1.807) is 0 Å². The normalized spacial score (nSPS) is 15.7. The average Bonchev–Trinajstić information content (AvgIpc) is 3.06. The van der Waals surface area contributed by atoms with Crippen LogP contribution in [0.1, 0.15) is 39.0 Å². The number of aromatic nitrogens is 3. The van der Waals surface area contributed by atoms with E-state index in [0.717, 1.165) is 18.9 Å². The van der Waals surface area contributed by atoms with E-state index in [4.69, 9.17) is 5.11 Å². The number of hydrogen-bond acceptors (Lipinski definition) is 5. The number of hydrogen-bond donors (Lipinski definition) is 1. The third-order valence-electron chi connectivity index (χ3n) is 3.66. The summed E-state index contributed by atoms with van der Waals surface area (Å²) in [4.78, 5) is 12.9. The van der Waals surface area contributed by atoms with Gasteiger partial charge in [0.15, 0.2) is 5.16 Å². The summed E-state index contributed by atoms with van der Waals surface area (Å²) in [5.74, 6) is 0.0630. The SMILES string of the molecule is CCCn1c(SCC(=O)O)nnc1N(C)C1CCCC1. The number of carboxylic acid groups (broad SMARTS) is 1. The second kappa shape index (κ2) is 6.97. The van der Waals surface area contributed by atoms with E-state index < -0.39 is 5.97 Å². The van der Waals surface area contributed by atoms with Gasteiger partial charge in [0, 0.05) is 19.6 Å². The Balaban J connectivity index is 2.16. The molecule has 1 aliphatic carbocycles. The summed E-state index contributed by atoms with van der Waals surface area (Å²) in [6, 6.07) is 0.534. The molecule has 6 nitrogen and oxygen atoms in total. The number of aliphatic carboxylic acids is 1. The Labute approximate surface area is 123 Å². The van der Waals surface area contributed by atoms with E-state index in [9.17, 15) is 4.79 Å². The third-order valence-corrected chi connectivity index (χ3v) is 4.61. The summed E-state index contributed by atoms with van der Waals surface area (Å²) >= 11 is 1.24. The van der Waals surface area contributed by atoms with Crippen LogP contribution in [0.3, 0.4) is 0 Å². The van der Waals surface area contributed by atoms with Crippen LogP contribution in [0.4, 0.5) is 5.95 Å². The molecule has 1 heterocycles. The van der Waals surface area contributed by atoms with Crippen LogP contribution in [0.2, 0.25) is 0 Å². The predicted octanol–water partition coefficient (Wildman–Crippen LogP) is 2.24. The summed E-state index contributed by atoms with van der Waals surface area (Å²) in [5.41, 5.74) is 0. The highest BCUT2D eigenvalue weighted by atomic mass is 32.2. The van der Waals surface area contributed by atoms with Crippen LogP contribution in [0.15, 0.2) is 5.16 Å². The molecule has 1 aromatic heterocycles. The van der Waals surface area contributed by atoms with Gasteiger partial charge >= 0.3 is 5.97 Å². The zero-order chi connectivity index (χ0) is 14.5. The first-order valence-electron chi connectivity index (χ1n) is 7.14. The van der Waals surface area contributed by atoms with Gasteiger partial charge in [-0.25, -0.2) is 0 Å². The lowest BCUT2D eigenvalue weighted by Crippen LogP contribution is -2.31. The first kappa shape index (κ1) is 15.2. The van der Waals surface area contributed by atoms with E-state index in [-0.39, 0.29) is 5.75 Å². The number of rotatable bonds is 7. The number of thioether (sulfide) groups is 1. The first-order chi connectivity index (χ1) is 9.63. The van der Waals surface area contributed by atoms with Gasteiger partial charge < -0.3 is 10.0 Å². The largest absolute Gasteiger partial charge is 0.481 e. The molecule has 1 fully saturated rings. The molecular weight excluding hydrogens is 276 g/mol. The molecule has 0 unspecified atom stereocenters. The number of carboxylic acids is 1. The molecule has 0 radical (unpaired) electrons. The molecule has 0 aliphatic heterocycles. The maximum Gasteiger partial charge on any atom is 0.313 e. The van der Waals surface area contributed by atoms with E-state index in [1.807, 2.05) is 4.57 Å². The summed E-state index contributed by atoms with van der Waals surface area (Å²) in [6.07, 6.45) is 5.93. The van der Waals surface area contributed by atoms with Gasteiger partial charge in [-0.2, -0.15) is 0 Å². The first-order valence-corrected chi connectivity index (χ1v) is 8.12. The van der Waals surface area contributed by atoms with Crippen molar-refractivity contribution in [1.29, 1.82) is 0 Å². The van der Waals surface area contributed by atoms with Crippen molar-refractivity contribution in [3.8, 4) is 0 Å². The van der Waals surface area contributed by atoms with Crippen LogP contribution < -0.4 is 4.90 Å². The molecule has 0 saturated heterocycles. The zero-order valence-corrected chi connectivity index (χ0v) is 12.9. The van der Waals surface area contributed by atoms with E-state index in [1.165, 1.54) is 37.4 Å². The Hall–Kier alpha value is -1.24. The number of nitrogens with zero attached hydrogens (tertiary/aromatic N) is 4. The fourth-order valence-corrected chi connectivity index (χ4v) is 3.33. The highest BCUT2D eigenvalue weighted by molar-refractivity contribution is 7.99. The van der Waals surface area contributed by atoms with E-state index in [2.05, 4.69) is 29.1 Å². The van der Waals surface area contributed by atoms with E-state index in [0.29, 0.717) is 11.2 Å². The minimum atomic E-state index is -0.827. The third kappa shape index (κ3) is 3.45. The van der Waals surface area contributed by atoms with Gasteiger partial charge in [0.25, 0.3) is 0 Å². The Morgan fingerprint density at radius 3 is 2.75 bits per heavy atom. The Morgan fingerprint density at radius 2 is 2.15 bits per heavy atom. The fraction of sp³-hybridized carbons (Fsp3) is 0.769. The summed E-state index contributed by atoms with van der Waals surface area (Å²) < 4.78 is 2.05. The van der Waals surface area contributed by atoms with Crippen LogP contribution in [-0.2, 0) is 11.3 Å². The smallest absolute Gasteiger partial charge is 0.313 e. The molecule has 2 rings (SSSR count). The van der Waals surface area contributed by atoms with Crippen molar-refractivity contribution in [3.63, 3.8) is 0 Å². The molecule has 0 spiro atoms. The molecule has 0 amide bonds. The molecule has 20 heavy (non-hydrogen) atoms. The van der Waals surface area contributed by atoms with Gasteiger partial charge in [-0.1, -0.05) is 31.5 Å². The van der Waals surface area contributed by atoms with Crippen molar-refractivity contribution < 1.29 is 9.90 Å². The lowest BCUT2D eigenvalue weighted by Gasteiger charge is -2.25. The highest BCUT2D eigenvalue weighted by Crippen LogP contribution is 2.28. The topological polar surface area (TPSA) is 71.2 Å². The minimum absolute atomic E-state index is 0.0228. The monoisotopic (exact) mass is 298 g/mol. The van der Waals surface area contributed by atoms with Crippen molar-refractivity contribution in [2.75, 3.05) is 17.7 Å². The second-order valence-corrected chi connectivity index (χ2v) is 6.11. The lowest BCUT2D eigenvalue weighted by atomic mass is 10.2. The predicted molar refractivity (Wildman–Crippen MR) is 79.3 cm³/mol. The van der Waals surface area contributed by atoms with Gasteiger partial charge in [0.2, 0.25) is 5.95 Å². The summed E-state index contributed by atoms with van der Waals surface area (Å²) in [7, 11) is 2.07. The second-order valence-electron chi connectivity index (χ2n) is 5.17. The maximum absolute atomic E-state index is 10.7. The quantitative estimate of drug-likeness (QED) is 0.778. The summed E-state index contributed by atoms with van der Waals surface area (Å²) in [6.45, 7) is 2.92. The van der Waals surface area contributed by atoms with Gasteiger partial charge in [-0.3, -0.25) is 9.36 Å². The number of anilines is 1. The lowest BCUT2D eigenvalue weighted by molar-refractivity contribution is -0.133. The van der Waals surface area contributed by atoms with Gasteiger partial charge in [-0.15, -0.1) is 10.2 Å². The van der Waals surface area contributed by atoms with Crippen LogP contribution in [0.5, 0.6) is 0 Å². The molecule has 1 N–H and O–H groups in total. The number of carbonyl (C=O) groups is 1. The van der Waals surface area contributed by atoms with Crippen LogP contribution in [0, 0.1) is 0 Å². The van der Waals surface area contributed by atoms with Crippen molar-refractivity contribution in [3.05, 3.63) is 0 Å². The molecular formula is C13H22N4O2S. The van der Waals surface area contributed by atoms with Crippen LogP contribution >= 0.6 is 11.8 Å². The standard InChI is InChI=1S/C13H22N4O2S/c1-3-8-17-12(16(2)10-6-4-5-7-10)14-15-13(17)20-9-11(18)19/h10H,3-9H2,1-2H3,(H,18,19). The summed E-state index contributed by atoms with van der Waals surface area (Å²) in [5, 5.41) is 18.0. The molecule has 1 saturated carbocycles. The fourth-order valence-electron chi connectivity index (χ4n) is 2.65. The van der Waals surface area contributed by atoms with Crippen molar-refractivity contribution in [2.24, 2.45) is 0 Å². The van der Waals surface area contributed by atoms with Gasteiger partial charge in [0.05, 0.1) is 5.75 Å². The Bertz CT molecular complexity index is 457. The van der Waals surface area contributed by atoms with Crippen molar-refractivity contribution >= 4 is 23.7 Å². The minimum Gasteiger partial charge on any atom is -0.481 e. The average molecular weight is 298 g/mol. The van der Waals surface area contributed by atoms with Gasteiger partial charge in [0.1, 0.15) is 0 Å². The Kier molecular flexibility index (Phi) is 5.28. The molecule has 1 aromatic rings. The molecule has 1 aliphatic rings. The zero-order valence-electron chi connectivity index (χ0n) is 12.1. The molecule has 0 bridgehead atoms. The Morgan fingerprint density at radius 1 is 1.45 bits per heavy atom. The molecule has 0 atom stereocenters. The molecule has 7 heteroatoms. The highest BCUT2D eigenvalue weighted by Gasteiger charge is 2.24. The molecule has 0 aromatic carbocycles. The van der Waals surface area contributed by atoms with Crippen molar-refractivity contribution in [2.45, 2.75) is 56.8 Å².